The molecule has 6 N–H and O–H groups in total. The average Bonchev–Trinajstić information content (AvgIpc) is 3.09. The maximum Gasteiger partial charge on any atom is 0.407 e. The number of aliphatic imine (C=N–C) groups is 1. The number of nitrogens with zero attached hydrogens (tertiary/aromatic N) is 3. The van der Waals surface area contributed by atoms with Gasteiger partial charge < -0.3 is 21.8 Å². The van der Waals surface area contributed by atoms with Gasteiger partial charge in [-0.3, -0.25) is 9.56 Å². The Balaban J connectivity index is 0.00000176. The Morgan fingerprint density at radius 1 is 1.25 bits per heavy atom. The Labute approximate surface area is 183 Å². The summed E-state index contributed by atoms with van der Waals surface area (Å²) in [6, 6.07) is 5.59. The van der Waals surface area contributed by atoms with Gasteiger partial charge >= 0.3 is 11.9 Å². The molecule has 174 valence electrons. The van der Waals surface area contributed by atoms with Crippen molar-refractivity contribution in [2.45, 2.75) is 39.4 Å². The van der Waals surface area contributed by atoms with Crippen molar-refractivity contribution in [1.82, 2.24) is 19.9 Å². The molecule has 32 heavy (non-hydrogen) atoms. The van der Waals surface area contributed by atoms with E-state index in [0.717, 1.165) is 11.1 Å². The summed E-state index contributed by atoms with van der Waals surface area (Å²) in [5, 5.41) is 3.21. The van der Waals surface area contributed by atoms with Gasteiger partial charge in [-0.1, -0.05) is 26.0 Å². The molecule has 1 atom stereocenters. The van der Waals surface area contributed by atoms with E-state index in [0.29, 0.717) is 17.8 Å². The third kappa shape index (κ3) is 6.33. The maximum absolute atomic E-state index is 13.5. The van der Waals surface area contributed by atoms with Gasteiger partial charge in [0.15, 0.2) is 5.96 Å². The first-order chi connectivity index (χ1) is 15.1. The van der Waals surface area contributed by atoms with Crippen LogP contribution >= 0.6 is 0 Å². The number of alkyl halides is 3. The predicted octanol–water partition coefficient (Wildman–Crippen LogP) is 2.90. The molecule has 11 heteroatoms. The molecule has 8 nitrogen and oxygen atoms in total. The number of rotatable bonds is 7. The van der Waals surface area contributed by atoms with Crippen LogP contribution in [0.4, 0.5) is 13.2 Å². The van der Waals surface area contributed by atoms with Crippen LogP contribution in [0.5, 0.6) is 0 Å². The van der Waals surface area contributed by atoms with Crippen LogP contribution in [0.1, 0.15) is 37.6 Å². The SMILES string of the molecule is CC.Cc1cc2cn(-c3ccc(C(NCCCN=C(N)N)C(F)(F)F)cc3)c(=O)nc2[nH]1. The Kier molecular flexibility index (Phi) is 8.41. The number of hydrogen-bond donors (Lipinski definition) is 4. The summed E-state index contributed by atoms with van der Waals surface area (Å²) in [5.41, 5.74) is 11.6. The zero-order valence-electron chi connectivity index (χ0n) is 18.2. The molecule has 3 rings (SSSR count). The van der Waals surface area contributed by atoms with Crippen LogP contribution in [-0.4, -0.2) is 39.8 Å². The Hall–Kier alpha value is -3.34. The minimum atomic E-state index is -4.49. The Morgan fingerprint density at radius 2 is 1.91 bits per heavy atom. The average molecular weight is 451 g/mol. The lowest BCUT2D eigenvalue weighted by molar-refractivity contribution is -0.157. The molecule has 0 bridgehead atoms. The summed E-state index contributed by atoms with van der Waals surface area (Å²) in [6.45, 7) is 6.15. The summed E-state index contributed by atoms with van der Waals surface area (Å²) in [4.78, 5) is 23.0. The smallest absolute Gasteiger partial charge is 0.370 e. The highest BCUT2D eigenvalue weighted by Gasteiger charge is 2.40. The van der Waals surface area contributed by atoms with Crippen LogP contribution in [0.25, 0.3) is 16.7 Å². The normalized spacial score (nSPS) is 12.2. The molecule has 0 fully saturated rings. The van der Waals surface area contributed by atoms with Crippen molar-refractivity contribution in [2.24, 2.45) is 16.5 Å². The topological polar surface area (TPSA) is 127 Å². The second-order valence-corrected chi connectivity index (χ2v) is 6.83. The highest BCUT2D eigenvalue weighted by Crippen LogP contribution is 2.33. The van der Waals surface area contributed by atoms with Crippen LogP contribution in [0.2, 0.25) is 0 Å². The number of aromatic amines is 1. The van der Waals surface area contributed by atoms with E-state index in [2.05, 4.69) is 20.3 Å². The molecule has 0 aliphatic carbocycles. The third-order valence-electron chi connectivity index (χ3n) is 4.45. The van der Waals surface area contributed by atoms with E-state index in [9.17, 15) is 18.0 Å². The fourth-order valence-electron chi connectivity index (χ4n) is 3.10. The highest BCUT2D eigenvalue weighted by atomic mass is 19.4. The number of aryl methyl sites for hydroxylation is 1. The third-order valence-corrected chi connectivity index (χ3v) is 4.45. The number of fused-ring (bicyclic) bond motifs is 1. The van der Waals surface area contributed by atoms with Gasteiger partial charge in [0.2, 0.25) is 0 Å². The number of halogens is 3. The predicted molar refractivity (Wildman–Crippen MR) is 120 cm³/mol. The molecular weight excluding hydrogens is 423 g/mol. The van der Waals surface area contributed by atoms with E-state index in [1.54, 1.807) is 6.20 Å². The van der Waals surface area contributed by atoms with Crippen molar-refractivity contribution in [3.8, 4) is 5.69 Å². The monoisotopic (exact) mass is 451 g/mol. The molecule has 0 spiro atoms. The fraction of sp³-hybridized carbons (Fsp3) is 0.381. The molecule has 0 saturated carbocycles. The number of benzene rings is 1. The van der Waals surface area contributed by atoms with Gasteiger partial charge in [-0.05, 0) is 43.7 Å². The molecule has 1 unspecified atom stereocenters. The first kappa shape index (κ1) is 24.9. The number of hydrogen-bond acceptors (Lipinski definition) is 4. The van der Waals surface area contributed by atoms with Crippen LogP contribution in [0.3, 0.4) is 0 Å². The molecule has 3 aromatic rings. The lowest BCUT2D eigenvalue weighted by Gasteiger charge is -2.22. The summed E-state index contributed by atoms with van der Waals surface area (Å²) in [7, 11) is 0. The van der Waals surface area contributed by atoms with Gasteiger partial charge in [0.25, 0.3) is 0 Å². The van der Waals surface area contributed by atoms with E-state index >= 15 is 0 Å². The maximum atomic E-state index is 13.5. The number of aromatic nitrogens is 3. The molecule has 0 aliphatic rings. The minimum Gasteiger partial charge on any atom is -0.370 e. The molecule has 0 radical (unpaired) electrons. The van der Waals surface area contributed by atoms with Gasteiger partial charge in [-0.2, -0.15) is 18.2 Å². The molecule has 2 heterocycles. The van der Waals surface area contributed by atoms with Crippen LogP contribution in [0, 0.1) is 6.92 Å². The molecule has 1 aromatic carbocycles. The van der Waals surface area contributed by atoms with Crippen molar-refractivity contribution in [3.05, 3.63) is 58.3 Å². The summed E-state index contributed by atoms with van der Waals surface area (Å²) in [6.07, 6.45) is -2.54. The number of H-pyrrole nitrogens is 1. The lowest BCUT2D eigenvalue weighted by atomic mass is 10.1. The van der Waals surface area contributed by atoms with Crippen LogP contribution < -0.4 is 22.5 Å². The summed E-state index contributed by atoms with van der Waals surface area (Å²) >= 11 is 0. The minimum absolute atomic E-state index is 0.0349. The van der Waals surface area contributed by atoms with E-state index < -0.39 is 17.9 Å². The molecule has 0 amide bonds. The standard InChI is InChI=1S/C19H22F3N7O.C2H6/c1-11-9-13-10-29(18(30)28-16(13)27-11)14-5-3-12(4-6-14)15(19(20,21)22)25-7-2-8-26-17(23)24;1-2/h3-6,9-10,15,25H,2,7-8H2,1H3,(H4,23,24,26)(H,27,28,30);1-2H3. The van der Waals surface area contributed by atoms with Crippen molar-refractivity contribution in [1.29, 1.82) is 0 Å². The first-order valence-electron chi connectivity index (χ1n) is 10.2. The van der Waals surface area contributed by atoms with Gasteiger partial charge in [0, 0.05) is 23.8 Å². The second-order valence-electron chi connectivity index (χ2n) is 6.83. The van der Waals surface area contributed by atoms with Gasteiger partial charge in [0.05, 0.1) is 5.69 Å². The van der Waals surface area contributed by atoms with Crippen molar-refractivity contribution in [2.75, 3.05) is 13.1 Å². The molecular formula is C21H28F3N7O. The van der Waals surface area contributed by atoms with Crippen LogP contribution in [0.15, 0.2) is 46.3 Å². The van der Waals surface area contributed by atoms with Crippen molar-refractivity contribution >= 4 is 17.0 Å². The van der Waals surface area contributed by atoms with Crippen molar-refractivity contribution in [3.63, 3.8) is 0 Å². The quantitative estimate of drug-likeness (QED) is 0.250. The summed E-state index contributed by atoms with van der Waals surface area (Å²) < 4.78 is 41.8. The van der Waals surface area contributed by atoms with E-state index in [1.807, 2.05) is 26.8 Å². The Bertz CT molecular complexity index is 1100. The lowest BCUT2D eigenvalue weighted by Crippen LogP contribution is -2.35. The first-order valence-corrected chi connectivity index (χ1v) is 10.2. The van der Waals surface area contributed by atoms with Crippen LogP contribution in [-0.2, 0) is 0 Å². The second kappa shape index (κ2) is 10.8. The number of guanidine groups is 1. The van der Waals surface area contributed by atoms with Gasteiger partial charge in [-0.15, -0.1) is 0 Å². The Morgan fingerprint density at radius 3 is 2.50 bits per heavy atom. The van der Waals surface area contributed by atoms with E-state index in [-0.39, 0.29) is 24.6 Å². The molecule has 0 saturated heterocycles. The number of nitrogens with one attached hydrogen (secondary N) is 2. The van der Waals surface area contributed by atoms with Gasteiger partial charge in [0.1, 0.15) is 11.7 Å². The largest absolute Gasteiger partial charge is 0.407 e. The fourth-order valence-corrected chi connectivity index (χ4v) is 3.10. The van der Waals surface area contributed by atoms with Gasteiger partial charge in [-0.25, -0.2) is 4.79 Å². The summed E-state index contributed by atoms with van der Waals surface area (Å²) in [5.74, 6) is -0.101. The molecule has 2 aromatic heterocycles. The molecule has 0 aliphatic heterocycles. The van der Waals surface area contributed by atoms with E-state index in [1.165, 1.54) is 28.8 Å². The van der Waals surface area contributed by atoms with E-state index in [4.69, 9.17) is 11.5 Å². The zero-order valence-corrected chi connectivity index (χ0v) is 18.2. The number of nitrogens with two attached hydrogens (primary N) is 2. The highest BCUT2D eigenvalue weighted by molar-refractivity contribution is 5.76. The van der Waals surface area contributed by atoms with Crippen molar-refractivity contribution < 1.29 is 13.2 Å². The zero-order chi connectivity index (χ0) is 23.9.